The zero-order valence-corrected chi connectivity index (χ0v) is 10.2. The maximum Gasteiger partial charge on any atom is 0.308 e. The molecule has 0 aliphatic heterocycles. The molecule has 0 bridgehead atoms. The summed E-state index contributed by atoms with van der Waals surface area (Å²) < 4.78 is 0. The second kappa shape index (κ2) is 7.22. The van der Waals surface area contributed by atoms with Gasteiger partial charge in [-0.1, -0.05) is 6.92 Å². The fourth-order valence-corrected chi connectivity index (χ4v) is 1.16. The van der Waals surface area contributed by atoms with Crippen molar-refractivity contribution in [2.75, 3.05) is 6.54 Å². The average Bonchev–Trinajstić information content (AvgIpc) is 2.24. The van der Waals surface area contributed by atoms with E-state index in [1.54, 1.807) is 13.8 Å². The summed E-state index contributed by atoms with van der Waals surface area (Å²) in [7, 11) is 0. The predicted molar refractivity (Wildman–Crippen MR) is 61.9 cm³/mol. The molecule has 0 rings (SSSR count). The molecule has 0 aromatic rings. The SMILES string of the molecule is CC(CN)CCC(=O)NC(C)C(C)C(=O)O. The number of hydrogen-bond acceptors (Lipinski definition) is 3. The van der Waals surface area contributed by atoms with Crippen molar-refractivity contribution in [1.82, 2.24) is 5.32 Å². The van der Waals surface area contributed by atoms with E-state index in [9.17, 15) is 9.59 Å². The van der Waals surface area contributed by atoms with Crippen LogP contribution < -0.4 is 11.1 Å². The molecule has 0 aliphatic carbocycles. The van der Waals surface area contributed by atoms with Crippen LogP contribution in [0, 0.1) is 11.8 Å². The minimum atomic E-state index is -0.900. The number of carbonyl (C=O) groups is 2. The molecule has 0 aromatic carbocycles. The van der Waals surface area contributed by atoms with Gasteiger partial charge in [0.2, 0.25) is 5.91 Å². The zero-order chi connectivity index (χ0) is 12.7. The maximum atomic E-state index is 11.5. The fraction of sp³-hybridized carbons (Fsp3) is 0.818. The van der Waals surface area contributed by atoms with Gasteiger partial charge in [0.1, 0.15) is 0 Å². The van der Waals surface area contributed by atoms with E-state index in [-0.39, 0.29) is 11.9 Å². The minimum Gasteiger partial charge on any atom is -0.481 e. The summed E-state index contributed by atoms with van der Waals surface area (Å²) in [6.45, 7) is 5.82. The molecule has 0 aromatic heterocycles. The largest absolute Gasteiger partial charge is 0.481 e. The average molecular weight is 230 g/mol. The van der Waals surface area contributed by atoms with Gasteiger partial charge >= 0.3 is 5.97 Å². The van der Waals surface area contributed by atoms with Crippen LogP contribution in [-0.2, 0) is 9.59 Å². The molecule has 0 saturated carbocycles. The molecule has 0 fully saturated rings. The van der Waals surface area contributed by atoms with E-state index in [0.29, 0.717) is 18.9 Å². The molecular weight excluding hydrogens is 208 g/mol. The summed E-state index contributed by atoms with van der Waals surface area (Å²) in [6.07, 6.45) is 1.13. The van der Waals surface area contributed by atoms with Crippen molar-refractivity contribution in [3.63, 3.8) is 0 Å². The molecular formula is C11H22N2O3. The monoisotopic (exact) mass is 230 g/mol. The number of carbonyl (C=O) groups excluding carboxylic acids is 1. The number of rotatable bonds is 7. The van der Waals surface area contributed by atoms with Gasteiger partial charge in [-0.25, -0.2) is 0 Å². The highest BCUT2D eigenvalue weighted by atomic mass is 16.4. The van der Waals surface area contributed by atoms with Crippen LogP contribution >= 0.6 is 0 Å². The fourth-order valence-electron chi connectivity index (χ4n) is 1.16. The summed E-state index contributed by atoms with van der Waals surface area (Å²) in [4.78, 5) is 22.1. The Labute approximate surface area is 96.4 Å². The highest BCUT2D eigenvalue weighted by Gasteiger charge is 2.20. The lowest BCUT2D eigenvalue weighted by atomic mass is 10.0. The van der Waals surface area contributed by atoms with Gasteiger partial charge in [0.25, 0.3) is 0 Å². The Balaban J connectivity index is 3.91. The van der Waals surface area contributed by atoms with Crippen molar-refractivity contribution in [2.45, 2.75) is 39.7 Å². The van der Waals surface area contributed by atoms with Crippen molar-refractivity contribution in [2.24, 2.45) is 17.6 Å². The second-order valence-corrected chi connectivity index (χ2v) is 4.36. The number of nitrogens with two attached hydrogens (primary N) is 1. The van der Waals surface area contributed by atoms with Crippen LogP contribution in [-0.4, -0.2) is 29.6 Å². The Kier molecular flexibility index (Phi) is 6.72. The summed E-state index contributed by atoms with van der Waals surface area (Å²) in [6, 6.07) is -0.349. The van der Waals surface area contributed by atoms with Crippen molar-refractivity contribution in [1.29, 1.82) is 0 Å². The highest BCUT2D eigenvalue weighted by molar-refractivity contribution is 5.77. The van der Waals surface area contributed by atoms with Crippen LogP contribution in [0.2, 0.25) is 0 Å². The standard InChI is InChI=1S/C11H22N2O3/c1-7(6-12)4-5-10(14)13-9(3)8(2)11(15)16/h7-9H,4-6,12H2,1-3H3,(H,13,14)(H,15,16). The number of hydrogen-bond donors (Lipinski definition) is 3. The Morgan fingerprint density at radius 1 is 1.31 bits per heavy atom. The molecule has 1 amide bonds. The lowest BCUT2D eigenvalue weighted by molar-refractivity contribution is -0.142. The van der Waals surface area contributed by atoms with Gasteiger partial charge in [-0.3, -0.25) is 9.59 Å². The first-order valence-electron chi connectivity index (χ1n) is 5.60. The molecule has 0 aliphatic rings. The van der Waals surface area contributed by atoms with E-state index in [4.69, 9.17) is 10.8 Å². The van der Waals surface area contributed by atoms with Gasteiger partial charge in [-0.2, -0.15) is 0 Å². The Hall–Kier alpha value is -1.10. The summed E-state index contributed by atoms with van der Waals surface area (Å²) in [5.74, 6) is -1.27. The number of aliphatic carboxylic acids is 1. The Bertz CT molecular complexity index is 243. The minimum absolute atomic E-state index is 0.110. The first-order valence-corrected chi connectivity index (χ1v) is 5.60. The Morgan fingerprint density at radius 2 is 1.88 bits per heavy atom. The molecule has 5 heteroatoms. The number of nitrogens with one attached hydrogen (secondary N) is 1. The number of carboxylic acids is 1. The van der Waals surface area contributed by atoms with Crippen molar-refractivity contribution in [3.8, 4) is 0 Å². The van der Waals surface area contributed by atoms with Gasteiger partial charge in [0, 0.05) is 12.5 Å². The van der Waals surface area contributed by atoms with Crippen molar-refractivity contribution in [3.05, 3.63) is 0 Å². The van der Waals surface area contributed by atoms with E-state index >= 15 is 0 Å². The van der Waals surface area contributed by atoms with Gasteiger partial charge < -0.3 is 16.2 Å². The van der Waals surface area contributed by atoms with E-state index in [1.165, 1.54) is 0 Å². The molecule has 4 N–H and O–H groups in total. The lowest BCUT2D eigenvalue weighted by Gasteiger charge is -2.18. The number of carboxylic acid groups (broad SMARTS) is 1. The summed E-state index contributed by atoms with van der Waals surface area (Å²) in [5, 5.41) is 11.4. The van der Waals surface area contributed by atoms with Crippen LogP contribution in [0.5, 0.6) is 0 Å². The molecule has 16 heavy (non-hydrogen) atoms. The highest BCUT2D eigenvalue weighted by Crippen LogP contribution is 2.06. The van der Waals surface area contributed by atoms with Gasteiger partial charge in [0.05, 0.1) is 5.92 Å². The van der Waals surface area contributed by atoms with Crippen molar-refractivity contribution >= 4 is 11.9 Å². The van der Waals surface area contributed by atoms with Crippen LogP contribution in [0.25, 0.3) is 0 Å². The van der Waals surface area contributed by atoms with Gasteiger partial charge in [-0.05, 0) is 32.7 Å². The molecule has 94 valence electrons. The third-order valence-electron chi connectivity index (χ3n) is 2.79. The topological polar surface area (TPSA) is 92.4 Å². The number of amides is 1. The first-order chi connectivity index (χ1) is 7.38. The normalized spacial score (nSPS) is 16.2. The van der Waals surface area contributed by atoms with E-state index in [1.807, 2.05) is 6.92 Å². The van der Waals surface area contributed by atoms with Gasteiger partial charge in [0.15, 0.2) is 0 Å². The molecule has 0 heterocycles. The van der Waals surface area contributed by atoms with Crippen LogP contribution in [0.3, 0.4) is 0 Å². The van der Waals surface area contributed by atoms with E-state index < -0.39 is 11.9 Å². The smallest absolute Gasteiger partial charge is 0.308 e. The quantitative estimate of drug-likeness (QED) is 0.596. The van der Waals surface area contributed by atoms with E-state index in [2.05, 4.69) is 5.32 Å². The summed E-state index contributed by atoms with van der Waals surface area (Å²) >= 11 is 0. The van der Waals surface area contributed by atoms with E-state index in [0.717, 1.165) is 6.42 Å². The third kappa shape index (κ3) is 5.70. The lowest BCUT2D eigenvalue weighted by Crippen LogP contribution is -2.40. The maximum absolute atomic E-state index is 11.5. The molecule has 3 atom stereocenters. The molecule has 3 unspecified atom stereocenters. The second-order valence-electron chi connectivity index (χ2n) is 4.36. The van der Waals surface area contributed by atoms with Gasteiger partial charge in [-0.15, -0.1) is 0 Å². The third-order valence-corrected chi connectivity index (χ3v) is 2.79. The van der Waals surface area contributed by atoms with Crippen LogP contribution in [0.4, 0.5) is 0 Å². The van der Waals surface area contributed by atoms with Crippen LogP contribution in [0.1, 0.15) is 33.6 Å². The summed E-state index contributed by atoms with van der Waals surface area (Å²) in [5.41, 5.74) is 5.44. The predicted octanol–water partition coefficient (Wildman–Crippen LogP) is 0.587. The zero-order valence-electron chi connectivity index (χ0n) is 10.2. The van der Waals surface area contributed by atoms with Crippen LogP contribution in [0.15, 0.2) is 0 Å². The molecule has 5 nitrogen and oxygen atoms in total. The molecule has 0 radical (unpaired) electrons. The Morgan fingerprint density at radius 3 is 2.31 bits per heavy atom. The first kappa shape index (κ1) is 14.9. The molecule has 0 saturated heterocycles. The molecule has 0 spiro atoms. The van der Waals surface area contributed by atoms with Crippen molar-refractivity contribution < 1.29 is 14.7 Å².